The Balaban J connectivity index is 1.35. The van der Waals surface area contributed by atoms with Crippen molar-refractivity contribution in [2.24, 2.45) is 10.2 Å². The van der Waals surface area contributed by atoms with Gasteiger partial charge in [0.05, 0.1) is 16.8 Å². The molecule has 1 heterocycles. The number of thioether (sulfide) groups is 1. The van der Waals surface area contributed by atoms with E-state index in [-0.39, 0.29) is 16.6 Å². The fourth-order valence-electron chi connectivity index (χ4n) is 3.57. The third-order valence-corrected chi connectivity index (χ3v) is 7.93. The predicted octanol–water partition coefficient (Wildman–Crippen LogP) is 6.62. The summed E-state index contributed by atoms with van der Waals surface area (Å²) in [7, 11) is -3.93. The molecule has 1 aliphatic heterocycles. The molecule has 7 nitrogen and oxygen atoms in total. The van der Waals surface area contributed by atoms with Gasteiger partial charge in [0.15, 0.2) is 0 Å². The molecule has 0 unspecified atom stereocenters. The van der Waals surface area contributed by atoms with Crippen molar-refractivity contribution in [2.75, 3.05) is 4.90 Å². The fraction of sp³-hybridized carbons (Fsp3) is 0. The molecule has 1 amide bonds. The lowest BCUT2D eigenvalue weighted by molar-refractivity contribution is -0.113. The molecule has 5 rings (SSSR count). The highest BCUT2D eigenvalue weighted by Crippen LogP contribution is 2.36. The number of rotatable bonds is 7. The second kappa shape index (κ2) is 11.7. The Kier molecular flexibility index (Phi) is 7.92. The molecule has 1 saturated heterocycles. The van der Waals surface area contributed by atoms with E-state index in [4.69, 9.17) is 15.8 Å². The maximum atomic E-state index is 13.3. The van der Waals surface area contributed by atoms with E-state index in [1.54, 1.807) is 48.5 Å². The summed E-state index contributed by atoms with van der Waals surface area (Å²) in [6.07, 6.45) is 3.30. The number of amidine groups is 1. The molecular formula is C29H20ClN3O4S2. The third-order valence-electron chi connectivity index (χ3n) is 5.46. The van der Waals surface area contributed by atoms with Gasteiger partial charge >= 0.3 is 10.1 Å². The molecule has 10 heteroatoms. The first-order valence-electron chi connectivity index (χ1n) is 11.6. The number of carbonyl (C=O) groups is 1. The molecule has 194 valence electrons. The van der Waals surface area contributed by atoms with Gasteiger partial charge in [0.25, 0.3) is 5.91 Å². The molecule has 0 aromatic heterocycles. The Morgan fingerprint density at radius 1 is 0.795 bits per heavy atom. The summed E-state index contributed by atoms with van der Waals surface area (Å²) in [5.74, 6) is -0.0391. The van der Waals surface area contributed by atoms with Crippen LogP contribution in [0.25, 0.3) is 6.08 Å². The van der Waals surface area contributed by atoms with E-state index in [1.807, 2.05) is 42.5 Å². The minimum Gasteiger partial charge on any atom is -0.379 e. The highest BCUT2D eigenvalue weighted by molar-refractivity contribution is 8.19. The summed E-state index contributed by atoms with van der Waals surface area (Å²) >= 11 is 7.20. The second-order valence-electron chi connectivity index (χ2n) is 8.19. The van der Waals surface area contributed by atoms with Crippen molar-refractivity contribution in [2.45, 2.75) is 4.90 Å². The Hall–Kier alpha value is -4.18. The Bertz CT molecular complexity index is 1670. The van der Waals surface area contributed by atoms with Gasteiger partial charge in [-0.15, -0.1) is 5.10 Å². The van der Waals surface area contributed by atoms with Gasteiger partial charge in [-0.3, -0.25) is 9.69 Å². The molecule has 39 heavy (non-hydrogen) atoms. The lowest BCUT2D eigenvalue weighted by Gasteiger charge is -2.14. The van der Waals surface area contributed by atoms with Crippen LogP contribution in [-0.2, 0) is 14.9 Å². The quantitative estimate of drug-likeness (QED) is 0.107. The standard InChI is InChI=1S/C29H20ClN3O4S2/c30-23-15-11-21(12-16-23)19-27-28(34)33(24-7-3-1-4-8-24)29(38-27)32-31-20-22-13-17-25(18-14-22)37-39(35,36)26-9-5-2-6-10-26/h1-20H/b27-19+,31-20+,32-29+. The van der Waals surface area contributed by atoms with Crippen LogP contribution in [0.2, 0.25) is 5.02 Å². The summed E-state index contributed by atoms with van der Waals surface area (Å²) in [6.45, 7) is 0. The van der Waals surface area contributed by atoms with Crippen LogP contribution in [0.5, 0.6) is 5.75 Å². The average molecular weight is 574 g/mol. The Labute approximate surface area is 235 Å². The van der Waals surface area contributed by atoms with Crippen molar-refractivity contribution in [3.8, 4) is 5.75 Å². The first-order chi connectivity index (χ1) is 18.9. The van der Waals surface area contributed by atoms with Crippen molar-refractivity contribution in [1.29, 1.82) is 0 Å². The zero-order chi connectivity index (χ0) is 27.2. The van der Waals surface area contributed by atoms with Crippen molar-refractivity contribution >= 4 is 62.5 Å². The van der Waals surface area contributed by atoms with Gasteiger partial charge < -0.3 is 4.18 Å². The molecule has 0 atom stereocenters. The number of anilines is 1. The molecule has 0 spiro atoms. The van der Waals surface area contributed by atoms with Crippen LogP contribution in [-0.4, -0.2) is 25.7 Å². The summed E-state index contributed by atoms with van der Waals surface area (Å²) < 4.78 is 30.1. The Morgan fingerprint density at radius 2 is 1.41 bits per heavy atom. The topological polar surface area (TPSA) is 88.4 Å². The number of nitrogens with zero attached hydrogens (tertiary/aromatic N) is 3. The molecule has 4 aromatic rings. The van der Waals surface area contributed by atoms with E-state index in [0.29, 0.717) is 26.3 Å². The van der Waals surface area contributed by atoms with Crippen LogP contribution >= 0.6 is 23.4 Å². The largest absolute Gasteiger partial charge is 0.379 e. The van der Waals surface area contributed by atoms with Crippen LogP contribution in [0, 0.1) is 0 Å². The van der Waals surface area contributed by atoms with E-state index in [9.17, 15) is 13.2 Å². The summed E-state index contributed by atoms with van der Waals surface area (Å²) in [5, 5.41) is 9.52. The normalized spacial score (nSPS) is 15.9. The molecule has 0 bridgehead atoms. The monoisotopic (exact) mass is 573 g/mol. The zero-order valence-corrected chi connectivity index (χ0v) is 22.6. The minimum absolute atomic E-state index is 0.0718. The second-order valence-corrected chi connectivity index (χ2v) is 11.2. The van der Waals surface area contributed by atoms with Gasteiger partial charge in [-0.2, -0.15) is 13.5 Å². The van der Waals surface area contributed by atoms with Crippen LogP contribution < -0.4 is 9.08 Å². The Morgan fingerprint density at radius 3 is 2.08 bits per heavy atom. The highest BCUT2D eigenvalue weighted by atomic mass is 35.5. The number of amides is 1. The molecule has 0 aliphatic carbocycles. The smallest absolute Gasteiger partial charge is 0.339 e. The van der Waals surface area contributed by atoms with E-state index in [2.05, 4.69) is 10.2 Å². The van der Waals surface area contributed by atoms with Gasteiger partial charge in [0, 0.05) is 5.02 Å². The van der Waals surface area contributed by atoms with Crippen molar-refractivity contribution in [3.05, 3.63) is 130 Å². The van der Waals surface area contributed by atoms with Crippen LogP contribution in [0.3, 0.4) is 0 Å². The van der Waals surface area contributed by atoms with Crippen molar-refractivity contribution in [1.82, 2.24) is 0 Å². The van der Waals surface area contributed by atoms with E-state index in [1.165, 1.54) is 47.1 Å². The molecule has 0 radical (unpaired) electrons. The summed E-state index contributed by atoms with van der Waals surface area (Å²) in [6, 6.07) is 30.7. The SMILES string of the molecule is O=C1/C(=C\c2ccc(Cl)cc2)S/C(=N/N=C/c2ccc(OS(=O)(=O)c3ccccc3)cc2)N1c1ccccc1. The van der Waals surface area contributed by atoms with Crippen molar-refractivity contribution in [3.63, 3.8) is 0 Å². The maximum Gasteiger partial charge on any atom is 0.339 e. The molecule has 1 aliphatic rings. The number of hydrogen-bond donors (Lipinski definition) is 0. The zero-order valence-electron chi connectivity index (χ0n) is 20.2. The van der Waals surface area contributed by atoms with Gasteiger partial charge in [0.1, 0.15) is 10.6 Å². The number of halogens is 1. The van der Waals surface area contributed by atoms with Crippen LogP contribution in [0.15, 0.2) is 129 Å². The lowest BCUT2D eigenvalue weighted by atomic mass is 10.2. The van der Waals surface area contributed by atoms with E-state index >= 15 is 0 Å². The lowest BCUT2D eigenvalue weighted by Crippen LogP contribution is -2.28. The number of hydrogen-bond acceptors (Lipinski definition) is 7. The summed E-state index contributed by atoms with van der Waals surface area (Å²) in [4.78, 5) is 15.4. The van der Waals surface area contributed by atoms with Crippen LogP contribution in [0.4, 0.5) is 5.69 Å². The van der Waals surface area contributed by atoms with Crippen LogP contribution in [0.1, 0.15) is 11.1 Å². The van der Waals surface area contributed by atoms with E-state index < -0.39 is 10.1 Å². The minimum atomic E-state index is -3.93. The first kappa shape index (κ1) is 26.4. The van der Waals surface area contributed by atoms with Crippen molar-refractivity contribution < 1.29 is 17.4 Å². The van der Waals surface area contributed by atoms with E-state index in [0.717, 1.165) is 5.56 Å². The average Bonchev–Trinajstić information content (AvgIpc) is 3.26. The number of carbonyl (C=O) groups excluding carboxylic acids is 1. The molecular weight excluding hydrogens is 554 g/mol. The predicted molar refractivity (Wildman–Crippen MR) is 157 cm³/mol. The summed E-state index contributed by atoms with van der Waals surface area (Å²) in [5.41, 5.74) is 2.18. The van der Waals surface area contributed by atoms with Gasteiger partial charge in [-0.25, -0.2) is 0 Å². The maximum absolute atomic E-state index is 13.3. The third kappa shape index (κ3) is 6.46. The van der Waals surface area contributed by atoms with Gasteiger partial charge in [-0.1, -0.05) is 60.1 Å². The fourth-order valence-corrected chi connectivity index (χ4v) is 5.59. The van der Waals surface area contributed by atoms with Gasteiger partial charge in [-0.05, 0) is 89.6 Å². The molecule has 0 saturated carbocycles. The molecule has 1 fully saturated rings. The number of benzene rings is 4. The molecule has 0 N–H and O–H groups in total. The highest BCUT2D eigenvalue weighted by Gasteiger charge is 2.34. The molecule has 4 aromatic carbocycles. The first-order valence-corrected chi connectivity index (χ1v) is 14.2. The van der Waals surface area contributed by atoms with Gasteiger partial charge in [0.2, 0.25) is 5.17 Å². The number of para-hydroxylation sites is 1.